The lowest BCUT2D eigenvalue weighted by molar-refractivity contribution is -0.609. The van der Waals surface area contributed by atoms with Crippen LogP contribution in [0.15, 0.2) is 42.5 Å². The molecule has 0 radical (unpaired) electrons. The minimum Gasteiger partial charge on any atom is -0.710 e. The summed E-state index contributed by atoms with van der Waals surface area (Å²) in [6, 6.07) is 11.8. The van der Waals surface area contributed by atoms with Crippen molar-refractivity contribution in [3.8, 4) is 11.3 Å². The van der Waals surface area contributed by atoms with Gasteiger partial charge in [-0.1, -0.05) is 23.7 Å². The van der Waals surface area contributed by atoms with E-state index in [1.165, 1.54) is 0 Å². The second-order valence-corrected chi connectivity index (χ2v) is 5.98. The standard InChI is InChI=1S/C17H17ClN4O2/c18-13-5-1-4-12(10-13)16-17(20)22(24)14-7-6-11(3-2-8-19)9-15(14)21(16)23/h1,4-7,9-10H,2-3,8,19-20H2. The maximum atomic E-state index is 12.9. The highest BCUT2D eigenvalue weighted by Gasteiger charge is 2.25. The summed E-state index contributed by atoms with van der Waals surface area (Å²) in [4.78, 5) is 0. The highest BCUT2D eigenvalue weighted by Crippen LogP contribution is 2.25. The van der Waals surface area contributed by atoms with Crippen molar-refractivity contribution < 1.29 is 9.46 Å². The summed E-state index contributed by atoms with van der Waals surface area (Å²) in [7, 11) is 0. The molecule has 0 unspecified atom stereocenters. The van der Waals surface area contributed by atoms with Gasteiger partial charge >= 0.3 is 11.5 Å². The Balaban J connectivity index is 2.26. The fourth-order valence-electron chi connectivity index (χ4n) is 2.72. The van der Waals surface area contributed by atoms with E-state index in [0.29, 0.717) is 26.6 Å². The molecule has 0 fully saturated rings. The molecule has 3 aromatic rings. The lowest BCUT2D eigenvalue weighted by atomic mass is 10.1. The Labute approximate surface area is 144 Å². The first-order valence-corrected chi connectivity index (χ1v) is 7.94. The van der Waals surface area contributed by atoms with Gasteiger partial charge in [0, 0.05) is 11.1 Å². The number of nitrogens with two attached hydrogens (primary N) is 2. The van der Waals surface area contributed by atoms with Crippen molar-refractivity contribution in [2.24, 2.45) is 5.73 Å². The van der Waals surface area contributed by atoms with Gasteiger partial charge in [-0.3, -0.25) is 5.73 Å². The van der Waals surface area contributed by atoms with Crippen LogP contribution in [-0.4, -0.2) is 6.54 Å². The van der Waals surface area contributed by atoms with Crippen molar-refractivity contribution in [3.05, 3.63) is 63.5 Å². The third-order valence-electron chi connectivity index (χ3n) is 3.91. The van der Waals surface area contributed by atoms with Gasteiger partial charge in [-0.15, -0.1) is 0 Å². The van der Waals surface area contributed by atoms with Crippen LogP contribution >= 0.6 is 11.6 Å². The van der Waals surface area contributed by atoms with Gasteiger partial charge in [0.05, 0.1) is 5.56 Å². The second kappa shape index (κ2) is 6.51. The zero-order valence-electron chi connectivity index (χ0n) is 12.9. The average molecular weight is 345 g/mol. The van der Waals surface area contributed by atoms with Gasteiger partial charge in [0.25, 0.3) is 5.52 Å². The van der Waals surface area contributed by atoms with Crippen molar-refractivity contribution in [1.29, 1.82) is 0 Å². The molecule has 3 rings (SSSR count). The van der Waals surface area contributed by atoms with E-state index in [1.54, 1.807) is 36.4 Å². The quantitative estimate of drug-likeness (QED) is 0.556. The number of anilines is 1. The molecule has 0 saturated heterocycles. The first kappa shape index (κ1) is 16.3. The Morgan fingerprint density at radius 3 is 2.50 bits per heavy atom. The summed E-state index contributed by atoms with van der Waals surface area (Å²) < 4.78 is 1.27. The molecule has 0 aliphatic rings. The number of rotatable bonds is 4. The van der Waals surface area contributed by atoms with E-state index in [1.807, 2.05) is 6.07 Å². The monoisotopic (exact) mass is 344 g/mol. The molecule has 0 amide bonds. The second-order valence-electron chi connectivity index (χ2n) is 5.55. The maximum absolute atomic E-state index is 12.9. The number of fused-ring (bicyclic) bond motifs is 1. The number of nitrogens with zero attached hydrogens (tertiary/aromatic N) is 2. The Hall–Kier alpha value is -2.57. The van der Waals surface area contributed by atoms with Gasteiger partial charge in [0.1, 0.15) is 0 Å². The topological polar surface area (TPSA) is 106 Å². The number of aromatic nitrogens is 2. The molecule has 6 nitrogen and oxygen atoms in total. The fourth-order valence-corrected chi connectivity index (χ4v) is 2.91. The molecular formula is C17H17ClN4O2. The summed E-state index contributed by atoms with van der Waals surface area (Å²) in [5.74, 6) is -0.158. The lowest BCUT2D eigenvalue weighted by Crippen LogP contribution is -2.43. The molecule has 7 heteroatoms. The lowest BCUT2D eigenvalue weighted by Gasteiger charge is -2.14. The Kier molecular flexibility index (Phi) is 4.42. The molecule has 0 aliphatic heterocycles. The number of hydrogen-bond donors (Lipinski definition) is 2. The van der Waals surface area contributed by atoms with E-state index in [-0.39, 0.29) is 22.5 Å². The molecule has 1 aromatic heterocycles. The Morgan fingerprint density at radius 1 is 1.00 bits per heavy atom. The molecule has 0 atom stereocenters. The van der Waals surface area contributed by atoms with E-state index in [2.05, 4.69) is 0 Å². The predicted octanol–water partition coefficient (Wildman–Crippen LogP) is 1.90. The number of hydrogen-bond acceptors (Lipinski definition) is 4. The Bertz CT molecular complexity index is 915. The first-order chi connectivity index (χ1) is 11.5. The number of aryl methyl sites for hydroxylation is 1. The van der Waals surface area contributed by atoms with E-state index < -0.39 is 0 Å². The van der Waals surface area contributed by atoms with E-state index in [9.17, 15) is 10.4 Å². The van der Waals surface area contributed by atoms with Crippen LogP contribution in [0.4, 0.5) is 5.82 Å². The smallest absolute Gasteiger partial charge is 0.351 e. The van der Waals surface area contributed by atoms with Crippen LogP contribution < -0.4 is 20.9 Å². The Morgan fingerprint density at radius 2 is 1.79 bits per heavy atom. The normalized spacial score (nSPS) is 11.1. The van der Waals surface area contributed by atoms with Gasteiger partial charge in [-0.2, -0.15) is 4.73 Å². The summed E-state index contributed by atoms with van der Waals surface area (Å²) in [5, 5.41) is 25.8. The summed E-state index contributed by atoms with van der Waals surface area (Å²) in [6.07, 6.45) is 1.54. The van der Waals surface area contributed by atoms with Crippen molar-refractivity contribution in [2.45, 2.75) is 12.8 Å². The molecule has 0 spiro atoms. The van der Waals surface area contributed by atoms with Crippen LogP contribution in [0.2, 0.25) is 5.02 Å². The van der Waals surface area contributed by atoms with Gasteiger partial charge < -0.3 is 16.1 Å². The molecule has 1 heterocycles. The van der Waals surface area contributed by atoms with Gasteiger partial charge in [-0.25, -0.2) is 4.73 Å². The average Bonchev–Trinajstić information content (AvgIpc) is 2.58. The van der Waals surface area contributed by atoms with Crippen LogP contribution in [0, 0.1) is 10.4 Å². The molecular weight excluding hydrogens is 328 g/mol. The molecule has 124 valence electrons. The summed E-state index contributed by atoms with van der Waals surface area (Å²) in [5.41, 5.74) is 13.5. The minimum atomic E-state index is -0.158. The summed E-state index contributed by atoms with van der Waals surface area (Å²) >= 11 is 5.99. The first-order valence-electron chi connectivity index (χ1n) is 7.56. The highest BCUT2D eigenvalue weighted by molar-refractivity contribution is 6.30. The van der Waals surface area contributed by atoms with Crippen LogP contribution in [0.25, 0.3) is 22.3 Å². The predicted molar refractivity (Wildman–Crippen MR) is 94.1 cm³/mol. The fraction of sp³-hybridized carbons (Fsp3) is 0.176. The molecule has 2 aromatic carbocycles. The van der Waals surface area contributed by atoms with Crippen LogP contribution in [0.5, 0.6) is 0 Å². The highest BCUT2D eigenvalue weighted by atomic mass is 35.5. The molecule has 0 bridgehead atoms. The van der Waals surface area contributed by atoms with E-state index >= 15 is 0 Å². The van der Waals surface area contributed by atoms with Crippen molar-refractivity contribution in [1.82, 2.24) is 0 Å². The third-order valence-corrected chi connectivity index (χ3v) is 4.14. The number of nitrogen functional groups attached to an aromatic ring is 1. The minimum absolute atomic E-state index is 0.0935. The number of halogens is 1. The van der Waals surface area contributed by atoms with Crippen LogP contribution in [0.1, 0.15) is 12.0 Å². The van der Waals surface area contributed by atoms with Gasteiger partial charge in [-0.05, 0) is 49.2 Å². The zero-order chi connectivity index (χ0) is 17.3. The van der Waals surface area contributed by atoms with E-state index in [0.717, 1.165) is 18.4 Å². The van der Waals surface area contributed by atoms with Crippen LogP contribution in [-0.2, 0) is 6.42 Å². The number of benzene rings is 2. The van der Waals surface area contributed by atoms with Crippen molar-refractivity contribution in [2.75, 3.05) is 12.3 Å². The van der Waals surface area contributed by atoms with Crippen LogP contribution in [0.3, 0.4) is 0 Å². The maximum Gasteiger partial charge on any atom is 0.351 e. The molecule has 0 saturated carbocycles. The SMILES string of the molecule is NCCCc1ccc2c(c1)[n+]([O-])c(-c1cccc(Cl)c1)c(N)[n+]2[O-]. The summed E-state index contributed by atoms with van der Waals surface area (Å²) in [6.45, 7) is 0.562. The third kappa shape index (κ3) is 2.81. The van der Waals surface area contributed by atoms with Gasteiger partial charge in [0.2, 0.25) is 5.52 Å². The molecule has 0 aliphatic carbocycles. The van der Waals surface area contributed by atoms with Crippen molar-refractivity contribution in [3.63, 3.8) is 0 Å². The van der Waals surface area contributed by atoms with E-state index in [4.69, 9.17) is 23.1 Å². The molecule has 4 N–H and O–H groups in total. The van der Waals surface area contributed by atoms with Crippen molar-refractivity contribution >= 4 is 28.5 Å². The molecule has 24 heavy (non-hydrogen) atoms. The zero-order valence-corrected chi connectivity index (χ0v) is 13.7. The van der Waals surface area contributed by atoms with Gasteiger partial charge in [0.15, 0.2) is 0 Å². The largest absolute Gasteiger partial charge is 0.710 e.